The Balaban J connectivity index is 2.05. The van der Waals surface area contributed by atoms with Crippen LogP contribution in [0.15, 0.2) is 23.2 Å². The summed E-state index contributed by atoms with van der Waals surface area (Å²) in [6.07, 6.45) is 2.97. The molecule has 2 heterocycles. The van der Waals surface area contributed by atoms with Crippen LogP contribution in [0.3, 0.4) is 0 Å². The molecule has 2 N–H and O–H groups in total. The highest BCUT2D eigenvalue weighted by atomic mass is 32.2. The molecule has 0 bridgehead atoms. The third-order valence-electron chi connectivity index (χ3n) is 3.29. The summed E-state index contributed by atoms with van der Waals surface area (Å²) in [5, 5.41) is 3.11. The van der Waals surface area contributed by atoms with Gasteiger partial charge < -0.3 is 10.1 Å². The molecule has 6 nitrogen and oxygen atoms in total. The number of rotatable bonds is 6. The monoisotopic (exact) mass is 299 g/mol. The molecule has 1 aliphatic rings. The molecule has 2 unspecified atom stereocenters. The van der Waals surface area contributed by atoms with Gasteiger partial charge in [0.15, 0.2) is 0 Å². The van der Waals surface area contributed by atoms with E-state index in [0.29, 0.717) is 18.8 Å². The number of hydrogen-bond donors (Lipinski definition) is 2. The first-order chi connectivity index (χ1) is 9.53. The van der Waals surface area contributed by atoms with Crippen molar-refractivity contribution in [2.75, 3.05) is 18.5 Å². The average molecular weight is 299 g/mol. The molecule has 0 radical (unpaired) electrons. The molecule has 1 saturated heterocycles. The van der Waals surface area contributed by atoms with Crippen LogP contribution in [0.2, 0.25) is 0 Å². The fraction of sp³-hybridized carbons (Fsp3) is 0.615. The SMILES string of the molecule is CCCNc1ccc(S(=O)(=O)NC2CCOC2C)cn1. The average Bonchev–Trinajstić information content (AvgIpc) is 2.82. The minimum absolute atomic E-state index is 0.0942. The molecule has 0 aromatic carbocycles. The summed E-state index contributed by atoms with van der Waals surface area (Å²) in [5.41, 5.74) is 0. The quantitative estimate of drug-likeness (QED) is 0.829. The molecular weight excluding hydrogens is 278 g/mol. The first-order valence-corrected chi connectivity index (χ1v) is 8.35. The van der Waals surface area contributed by atoms with Crippen LogP contribution in [0.25, 0.3) is 0 Å². The van der Waals surface area contributed by atoms with Gasteiger partial charge in [0.05, 0.1) is 12.1 Å². The summed E-state index contributed by atoms with van der Waals surface area (Å²) in [7, 11) is -3.53. The minimum Gasteiger partial charge on any atom is -0.377 e. The minimum atomic E-state index is -3.53. The van der Waals surface area contributed by atoms with Gasteiger partial charge in [-0.1, -0.05) is 6.92 Å². The zero-order valence-electron chi connectivity index (χ0n) is 11.8. The second-order valence-corrected chi connectivity index (χ2v) is 6.61. The summed E-state index contributed by atoms with van der Waals surface area (Å²) in [6.45, 7) is 5.33. The smallest absolute Gasteiger partial charge is 0.242 e. The standard InChI is InChI=1S/C13H21N3O3S/c1-3-7-14-13-5-4-11(9-15-13)20(17,18)16-12-6-8-19-10(12)2/h4-5,9-10,12,16H,3,6-8H2,1-2H3,(H,14,15). The molecule has 112 valence electrons. The van der Waals surface area contributed by atoms with Crippen LogP contribution in [0.1, 0.15) is 26.7 Å². The fourth-order valence-corrected chi connectivity index (χ4v) is 3.33. The molecule has 0 amide bonds. The topological polar surface area (TPSA) is 80.3 Å². The van der Waals surface area contributed by atoms with Crippen molar-refractivity contribution in [3.63, 3.8) is 0 Å². The highest BCUT2D eigenvalue weighted by Crippen LogP contribution is 2.17. The highest BCUT2D eigenvalue weighted by molar-refractivity contribution is 7.89. The number of nitrogens with one attached hydrogen (secondary N) is 2. The summed E-state index contributed by atoms with van der Waals surface area (Å²) in [5.74, 6) is 0.684. The van der Waals surface area contributed by atoms with E-state index in [4.69, 9.17) is 4.74 Å². The molecule has 1 aromatic heterocycles. The maximum absolute atomic E-state index is 12.2. The van der Waals surface area contributed by atoms with Gasteiger partial charge in [0, 0.05) is 19.3 Å². The van der Waals surface area contributed by atoms with Gasteiger partial charge in [0.1, 0.15) is 10.7 Å². The maximum atomic E-state index is 12.2. The molecule has 1 fully saturated rings. The summed E-state index contributed by atoms with van der Waals surface area (Å²) in [6, 6.07) is 3.07. The van der Waals surface area contributed by atoms with Crippen molar-refractivity contribution in [3.8, 4) is 0 Å². The molecule has 0 saturated carbocycles. The molecule has 1 aromatic rings. The number of hydrogen-bond acceptors (Lipinski definition) is 5. The van der Waals surface area contributed by atoms with Crippen molar-refractivity contribution in [3.05, 3.63) is 18.3 Å². The van der Waals surface area contributed by atoms with E-state index in [1.165, 1.54) is 6.20 Å². The Morgan fingerprint density at radius 1 is 1.45 bits per heavy atom. The Morgan fingerprint density at radius 2 is 2.25 bits per heavy atom. The van der Waals surface area contributed by atoms with E-state index in [1.54, 1.807) is 12.1 Å². The van der Waals surface area contributed by atoms with Crippen LogP contribution in [-0.4, -0.2) is 38.7 Å². The molecule has 7 heteroatoms. The maximum Gasteiger partial charge on any atom is 0.242 e. The Hall–Kier alpha value is -1.18. The molecule has 2 atom stereocenters. The normalized spacial score (nSPS) is 22.9. The highest BCUT2D eigenvalue weighted by Gasteiger charge is 2.29. The van der Waals surface area contributed by atoms with Gasteiger partial charge in [-0.2, -0.15) is 0 Å². The van der Waals surface area contributed by atoms with Crippen LogP contribution in [0, 0.1) is 0 Å². The summed E-state index contributed by atoms with van der Waals surface area (Å²) < 4.78 is 32.5. The largest absolute Gasteiger partial charge is 0.377 e. The van der Waals surface area contributed by atoms with E-state index in [0.717, 1.165) is 13.0 Å². The third kappa shape index (κ3) is 3.68. The van der Waals surface area contributed by atoms with Crippen LogP contribution < -0.4 is 10.0 Å². The van der Waals surface area contributed by atoms with Crippen LogP contribution in [0.4, 0.5) is 5.82 Å². The molecular formula is C13H21N3O3S. The molecule has 2 rings (SSSR count). The second kappa shape index (κ2) is 6.51. The van der Waals surface area contributed by atoms with E-state index in [1.807, 2.05) is 6.92 Å². The van der Waals surface area contributed by atoms with Crippen molar-refractivity contribution in [1.82, 2.24) is 9.71 Å². The fourth-order valence-electron chi connectivity index (χ4n) is 2.05. The number of sulfonamides is 1. The lowest BCUT2D eigenvalue weighted by Gasteiger charge is -2.16. The molecule has 0 aliphatic carbocycles. The third-order valence-corrected chi connectivity index (χ3v) is 4.76. The summed E-state index contributed by atoms with van der Waals surface area (Å²) in [4.78, 5) is 4.29. The van der Waals surface area contributed by atoms with Crippen molar-refractivity contribution < 1.29 is 13.2 Å². The Labute approximate surface area is 120 Å². The van der Waals surface area contributed by atoms with Gasteiger partial charge >= 0.3 is 0 Å². The van der Waals surface area contributed by atoms with E-state index in [-0.39, 0.29) is 17.0 Å². The first kappa shape index (κ1) is 15.2. The van der Waals surface area contributed by atoms with Crippen LogP contribution in [-0.2, 0) is 14.8 Å². The predicted octanol–water partition coefficient (Wildman–Crippen LogP) is 1.36. The molecule has 1 aliphatic heterocycles. The number of pyridine rings is 1. The number of nitrogens with zero attached hydrogens (tertiary/aromatic N) is 1. The van der Waals surface area contributed by atoms with E-state index < -0.39 is 10.0 Å². The Kier molecular flexibility index (Phi) is 4.95. The number of ether oxygens (including phenoxy) is 1. The number of aromatic nitrogens is 1. The van der Waals surface area contributed by atoms with Gasteiger partial charge in [0.25, 0.3) is 0 Å². The van der Waals surface area contributed by atoms with Crippen molar-refractivity contribution in [1.29, 1.82) is 0 Å². The zero-order valence-corrected chi connectivity index (χ0v) is 12.6. The Bertz CT molecular complexity index is 530. The Morgan fingerprint density at radius 3 is 2.80 bits per heavy atom. The van der Waals surface area contributed by atoms with Crippen molar-refractivity contribution in [2.45, 2.75) is 43.7 Å². The van der Waals surface area contributed by atoms with E-state index in [9.17, 15) is 8.42 Å². The van der Waals surface area contributed by atoms with Gasteiger partial charge in [-0.15, -0.1) is 0 Å². The molecule has 20 heavy (non-hydrogen) atoms. The van der Waals surface area contributed by atoms with Crippen LogP contribution in [0.5, 0.6) is 0 Å². The lowest BCUT2D eigenvalue weighted by Crippen LogP contribution is -2.39. The van der Waals surface area contributed by atoms with E-state index in [2.05, 4.69) is 21.9 Å². The van der Waals surface area contributed by atoms with Gasteiger partial charge in [-0.05, 0) is 31.9 Å². The summed E-state index contributed by atoms with van der Waals surface area (Å²) >= 11 is 0. The van der Waals surface area contributed by atoms with Crippen LogP contribution >= 0.6 is 0 Å². The van der Waals surface area contributed by atoms with Gasteiger partial charge in [-0.3, -0.25) is 0 Å². The number of anilines is 1. The van der Waals surface area contributed by atoms with Crippen molar-refractivity contribution in [2.24, 2.45) is 0 Å². The van der Waals surface area contributed by atoms with Gasteiger partial charge in [-0.25, -0.2) is 18.1 Å². The second-order valence-electron chi connectivity index (χ2n) is 4.90. The van der Waals surface area contributed by atoms with E-state index >= 15 is 0 Å². The molecule has 0 spiro atoms. The van der Waals surface area contributed by atoms with Crippen molar-refractivity contribution >= 4 is 15.8 Å². The predicted molar refractivity (Wildman–Crippen MR) is 77.2 cm³/mol. The lowest BCUT2D eigenvalue weighted by molar-refractivity contribution is 0.117. The zero-order chi connectivity index (χ0) is 14.6. The first-order valence-electron chi connectivity index (χ1n) is 6.87. The van der Waals surface area contributed by atoms with Gasteiger partial charge in [0.2, 0.25) is 10.0 Å². The lowest BCUT2D eigenvalue weighted by atomic mass is 10.2.